The number of ether oxygens (including phenoxy) is 1. The normalized spacial score (nSPS) is 19.8. The van der Waals surface area contributed by atoms with Crippen LogP contribution < -0.4 is 0 Å². The largest absolute Gasteiger partial charge is 0.379 e. The van der Waals surface area contributed by atoms with E-state index in [4.69, 9.17) is 16.3 Å². The van der Waals surface area contributed by atoms with Crippen molar-refractivity contribution in [1.29, 1.82) is 0 Å². The maximum Gasteiger partial charge on any atom is 0.227 e. The molecule has 2 aliphatic heterocycles. The van der Waals surface area contributed by atoms with Crippen LogP contribution in [0.2, 0.25) is 5.02 Å². The Hall–Kier alpha value is -1.56. The van der Waals surface area contributed by atoms with Crippen LogP contribution in [0.5, 0.6) is 0 Å². The Morgan fingerprint density at radius 3 is 2.92 bits per heavy atom. The number of nitrogens with one attached hydrogen (secondary N) is 1. The zero-order valence-electron chi connectivity index (χ0n) is 14.6. The zero-order chi connectivity index (χ0) is 17.4. The van der Waals surface area contributed by atoms with Gasteiger partial charge in [-0.15, -0.1) is 0 Å². The highest BCUT2D eigenvalue weighted by atomic mass is 35.5. The van der Waals surface area contributed by atoms with Crippen molar-refractivity contribution in [3.63, 3.8) is 0 Å². The summed E-state index contributed by atoms with van der Waals surface area (Å²) < 4.78 is 5.39. The highest BCUT2D eigenvalue weighted by Gasteiger charge is 2.28. The van der Waals surface area contributed by atoms with E-state index in [2.05, 4.69) is 16.0 Å². The molecule has 1 amide bonds. The standard InChI is InChI=1S/C19H24ClN3O2/c1-13(11-22-7-9-25-10-8-22)19(24)23-6-5-17-15(12-23)14-3-2-4-16(20)18(14)21-17/h2-4,13,21H,5-12H2,1H3/t13-/m1/s1. The highest BCUT2D eigenvalue weighted by Crippen LogP contribution is 2.32. The first-order valence-corrected chi connectivity index (χ1v) is 9.38. The van der Waals surface area contributed by atoms with Crippen LogP contribution in [-0.4, -0.2) is 60.1 Å². The molecule has 134 valence electrons. The molecular formula is C19H24ClN3O2. The second-order valence-electron chi connectivity index (χ2n) is 7.07. The summed E-state index contributed by atoms with van der Waals surface area (Å²) in [5, 5.41) is 1.88. The van der Waals surface area contributed by atoms with Gasteiger partial charge in [0, 0.05) is 61.7 Å². The lowest BCUT2D eigenvalue weighted by Gasteiger charge is -2.33. The number of aromatic amines is 1. The number of para-hydroxylation sites is 1. The van der Waals surface area contributed by atoms with Crippen molar-refractivity contribution in [2.45, 2.75) is 19.9 Å². The van der Waals surface area contributed by atoms with Gasteiger partial charge in [-0.2, -0.15) is 0 Å². The molecule has 0 aliphatic carbocycles. The third-order valence-corrected chi connectivity index (χ3v) is 5.64. The topological polar surface area (TPSA) is 48.6 Å². The van der Waals surface area contributed by atoms with Crippen LogP contribution in [0.1, 0.15) is 18.2 Å². The van der Waals surface area contributed by atoms with Gasteiger partial charge in [0.25, 0.3) is 0 Å². The number of hydrogen-bond donors (Lipinski definition) is 1. The van der Waals surface area contributed by atoms with Crippen molar-refractivity contribution >= 4 is 28.4 Å². The number of nitrogens with zero attached hydrogens (tertiary/aromatic N) is 2. The Kier molecular flexibility index (Phi) is 4.71. The summed E-state index contributed by atoms with van der Waals surface area (Å²) in [7, 11) is 0. The van der Waals surface area contributed by atoms with Crippen LogP contribution in [0, 0.1) is 5.92 Å². The minimum absolute atomic E-state index is 0.00782. The van der Waals surface area contributed by atoms with Crippen LogP contribution in [0.15, 0.2) is 18.2 Å². The minimum Gasteiger partial charge on any atom is -0.379 e. The van der Waals surface area contributed by atoms with E-state index < -0.39 is 0 Å². The molecule has 25 heavy (non-hydrogen) atoms. The van der Waals surface area contributed by atoms with E-state index in [1.165, 1.54) is 11.3 Å². The number of halogens is 1. The first-order valence-electron chi connectivity index (χ1n) is 9.00. The van der Waals surface area contributed by atoms with Gasteiger partial charge in [0.1, 0.15) is 0 Å². The summed E-state index contributed by atoms with van der Waals surface area (Å²) in [5.74, 6) is 0.252. The lowest BCUT2D eigenvalue weighted by Crippen LogP contribution is -2.45. The molecule has 3 heterocycles. The Bertz CT molecular complexity index is 782. The van der Waals surface area contributed by atoms with E-state index in [1.807, 2.05) is 24.0 Å². The molecule has 0 unspecified atom stereocenters. The van der Waals surface area contributed by atoms with Crippen molar-refractivity contribution < 1.29 is 9.53 Å². The molecule has 0 spiro atoms. The number of hydrogen-bond acceptors (Lipinski definition) is 3. The number of morpholine rings is 1. The fourth-order valence-electron chi connectivity index (χ4n) is 3.95. The van der Waals surface area contributed by atoms with Crippen LogP contribution in [0.3, 0.4) is 0 Å². The van der Waals surface area contributed by atoms with E-state index in [1.54, 1.807) is 0 Å². The lowest BCUT2D eigenvalue weighted by molar-refractivity contribution is -0.136. The number of rotatable bonds is 3. The minimum atomic E-state index is 0.00782. The van der Waals surface area contributed by atoms with E-state index >= 15 is 0 Å². The third-order valence-electron chi connectivity index (χ3n) is 5.33. The predicted octanol–water partition coefficient (Wildman–Crippen LogP) is 2.67. The van der Waals surface area contributed by atoms with Crippen LogP contribution in [-0.2, 0) is 22.5 Å². The second kappa shape index (κ2) is 6.98. The van der Waals surface area contributed by atoms with Crippen LogP contribution in [0.25, 0.3) is 10.9 Å². The number of fused-ring (bicyclic) bond motifs is 3. The van der Waals surface area contributed by atoms with Gasteiger partial charge in [0.15, 0.2) is 0 Å². The number of benzene rings is 1. The number of carbonyl (C=O) groups excluding carboxylic acids is 1. The number of H-pyrrole nitrogens is 1. The molecule has 0 radical (unpaired) electrons. The van der Waals surface area contributed by atoms with Crippen LogP contribution >= 0.6 is 11.6 Å². The Balaban J connectivity index is 1.48. The molecule has 0 bridgehead atoms. The molecule has 1 aromatic carbocycles. The molecule has 0 saturated carbocycles. The highest BCUT2D eigenvalue weighted by molar-refractivity contribution is 6.35. The second-order valence-corrected chi connectivity index (χ2v) is 7.48. The Labute approximate surface area is 152 Å². The van der Waals surface area contributed by atoms with Gasteiger partial charge in [0.05, 0.1) is 23.8 Å². The molecule has 1 fully saturated rings. The quantitative estimate of drug-likeness (QED) is 0.914. The van der Waals surface area contributed by atoms with E-state index in [0.29, 0.717) is 6.54 Å². The van der Waals surface area contributed by atoms with Gasteiger partial charge in [-0.1, -0.05) is 30.7 Å². The summed E-state index contributed by atoms with van der Waals surface area (Å²) in [6.45, 7) is 7.66. The third kappa shape index (κ3) is 3.28. The van der Waals surface area contributed by atoms with Crippen molar-refractivity contribution in [3.05, 3.63) is 34.5 Å². The molecule has 2 aliphatic rings. The molecule has 1 N–H and O–H groups in total. The number of aromatic nitrogens is 1. The summed E-state index contributed by atoms with van der Waals surface area (Å²) >= 11 is 6.31. The average Bonchev–Trinajstić information content (AvgIpc) is 3.01. The van der Waals surface area contributed by atoms with E-state index in [-0.39, 0.29) is 11.8 Å². The predicted molar refractivity (Wildman–Crippen MR) is 98.9 cm³/mol. The maximum atomic E-state index is 12.9. The van der Waals surface area contributed by atoms with Crippen molar-refractivity contribution in [1.82, 2.24) is 14.8 Å². The fourth-order valence-corrected chi connectivity index (χ4v) is 4.17. The zero-order valence-corrected chi connectivity index (χ0v) is 15.3. The average molecular weight is 362 g/mol. The summed E-state index contributed by atoms with van der Waals surface area (Å²) in [4.78, 5) is 20.7. The lowest BCUT2D eigenvalue weighted by atomic mass is 10.0. The first kappa shape index (κ1) is 16.9. The molecule has 2 aromatic rings. The summed E-state index contributed by atoms with van der Waals surface area (Å²) in [6, 6.07) is 5.96. The van der Waals surface area contributed by atoms with Crippen molar-refractivity contribution in [2.24, 2.45) is 5.92 Å². The number of carbonyl (C=O) groups is 1. The van der Waals surface area contributed by atoms with Gasteiger partial charge >= 0.3 is 0 Å². The molecular weight excluding hydrogens is 338 g/mol. The Morgan fingerprint density at radius 1 is 1.32 bits per heavy atom. The number of amides is 1. The first-order chi connectivity index (χ1) is 12.1. The molecule has 1 saturated heterocycles. The van der Waals surface area contributed by atoms with Crippen LogP contribution in [0.4, 0.5) is 0 Å². The van der Waals surface area contributed by atoms with E-state index in [9.17, 15) is 4.79 Å². The molecule has 6 heteroatoms. The summed E-state index contributed by atoms with van der Waals surface area (Å²) in [6.07, 6.45) is 0.857. The molecule has 4 rings (SSSR count). The van der Waals surface area contributed by atoms with Crippen molar-refractivity contribution in [3.8, 4) is 0 Å². The molecule has 1 atom stereocenters. The SMILES string of the molecule is C[C@H](CN1CCOCC1)C(=O)N1CCc2[nH]c3c(Cl)cccc3c2C1. The molecule has 5 nitrogen and oxygen atoms in total. The van der Waals surface area contributed by atoms with E-state index in [0.717, 1.165) is 61.7 Å². The maximum absolute atomic E-state index is 12.9. The fraction of sp³-hybridized carbons (Fsp3) is 0.526. The smallest absolute Gasteiger partial charge is 0.227 e. The van der Waals surface area contributed by atoms with Gasteiger partial charge in [-0.25, -0.2) is 0 Å². The van der Waals surface area contributed by atoms with Crippen molar-refractivity contribution in [2.75, 3.05) is 39.4 Å². The van der Waals surface area contributed by atoms with Gasteiger partial charge in [0.2, 0.25) is 5.91 Å². The summed E-state index contributed by atoms with van der Waals surface area (Å²) in [5.41, 5.74) is 3.42. The molecule has 1 aromatic heterocycles. The Morgan fingerprint density at radius 2 is 2.12 bits per heavy atom. The van der Waals surface area contributed by atoms with Gasteiger partial charge in [-0.05, 0) is 6.07 Å². The monoisotopic (exact) mass is 361 g/mol. The van der Waals surface area contributed by atoms with Gasteiger partial charge in [-0.3, -0.25) is 9.69 Å². The van der Waals surface area contributed by atoms with Gasteiger partial charge < -0.3 is 14.6 Å².